The summed E-state index contributed by atoms with van der Waals surface area (Å²) in [5.41, 5.74) is 1.70. The molecule has 1 fully saturated rings. The molecule has 0 saturated carbocycles. The van der Waals surface area contributed by atoms with Gasteiger partial charge in [-0.15, -0.1) is 0 Å². The molecule has 8 nitrogen and oxygen atoms in total. The van der Waals surface area contributed by atoms with Crippen molar-refractivity contribution in [2.75, 3.05) is 38.2 Å². The molecule has 0 spiro atoms. The zero-order chi connectivity index (χ0) is 19.6. The molecule has 2 aromatic rings. The molecule has 0 aliphatic carbocycles. The summed E-state index contributed by atoms with van der Waals surface area (Å²) >= 11 is 0. The molecule has 0 radical (unpaired) electrons. The van der Waals surface area contributed by atoms with Crippen molar-refractivity contribution < 1.29 is 18.1 Å². The maximum Gasteiger partial charge on any atom is 0.293 e. The number of hydrogen-bond acceptors (Lipinski definition) is 6. The Kier molecular flexibility index (Phi) is 5.33. The highest BCUT2D eigenvalue weighted by Crippen LogP contribution is 2.31. The van der Waals surface area contributed by atoms with Crippen LogP contribution >= 0.6 is 0 Å². The molecule has 9 heteroatoms. The molecule has 0 aromatic heterocycles. The largest absolute Gasteiger partial charge is 0.497 e. The maximum absolute atomic E-state index is 13.0. The van der Waals surface area contributed by atoms with E-state index in [0.29, 0.717) is 13.1 Å². The van der Waals surface area contributed by atoms with Gasteiger partial charge in [0.25, 0.3) is 5.69 Å². The topological polar surface area (TPSA) is 93.0 Å². The van der Waals surface area contributed by atoms with Crippen LogP contribution in [-0.2, 0) is 10.0 Å². The number of nitro benzene ring substituents is 1. The minimum absolute atomic E-state index is 0.241. The molecule has 1 saturated heterocycles. The van der Waals surface area contributed by atoms with Gasteiger partial charge in [0.1, 0.15) is 5.75 Å². The minimum atomic E-state index is -3.97. The molecule has 0 amide bonds. The monoisotopic (exact) mass is 391 g/mol. The maximum atomic E-state index is 13.0. The average molecular weight is 391 g/mol. The van der Waals surface area contributed by atoms with Crippen molar-refractivity contribution in [3.8, 4) is 5.75 Å². The first-order chi connectivity index (χ1) is 12.8. The Morgan fingerprint density at radius 2 is 1.78 bits per heavy atom. The first kappa shape index (κ1) is 19.1. The SMILES string of the molecule is COc1ccc(S(=O)(=O)N2CCN(c3cccc(C)c3)CC2)c([N+](=O)[O-])c1. The molecule has 1 heterocycles. The Bertz CT molecular complexity index is 953. The van der Waals surface area contributed by atoms with E-state index in [1.807, 2.05) is 25.1 Å². The van der Waals surface area contributed by atoms with Crippen molar-refractivity contribution in [3.05, 3.63) is 58.1 Å². The van der Waals surface area contributed by atoms with Crippen LogP contribution < -0.4 is 9.64 Å². The van der Waals surface area contributed by atoms with Crippen LogP contribution in [0, 0.1) is 17.0 Å². The van der Waals surface area contributed by atoms with E-state index in [4.69, 9.17) is 4.74 Å². The van der Waals surface area contributed by atoms with Crippen molar-refractivity contribution in [1.29, 1.82) is 0 Å². The molecule has 0 N–H and O–H groups in total. The number of aryl methyl sites for hydroxylation is 1. The molecule has 0 atom stereocenters. The Morgan fingerprint density at radius 3 is 2.37 bits per heavy atom. The third-order valence-corrected chi connectivity index (χ3v) is 6.53. The summed E-state index contributed by atoms with van der Waals surface area (Å²) in [7, 11) is -2.59. The number of methoxy groups -OCH3 is 1. The Hall–Kier alpha value is -2.65. The molecule has 1 aliphatic heterocycles. The molecule has 0 unspecified atom stereocenters. The summed E-state index contributed by atoms with van der Waals surface area (Å²) < 4.78 is 32.2. The number of hydrogen-bond donors (Lipinski definition) is 0. The van der Waals surface area contributed by atoms with Crippen molar-refractivity contribution in [3.63, 3.8) is 0 Å². The van der Waals surface area contributed by atoms with Gasteiger partial charge in [-0.3, -0.25) is 10.1 Å². The van der Waals surface area contributed by atoms with Gasteiger partial charge < -0.3 is 9.64 Å². The molecule has 144 valence electrons. The fourth-order valence-electron chi connectivity index (χ4n) is 3.14. The zero-order valence-electron chi connectivity index (χ0n) is 15.2. The Morgan fingerprint density at radius 1 is 1.07 bits per heavy atom. The van der Waals surface area contributed by atoms with Crippen LogP contribution in [0.5, 0.6) is 5.75 Å². The van der Waals surface area contributed by atoms with Crippen LogP contribution in [0.1, 0.15) is 5.56 Å². The zero-order valence-corrected chi connectivity index (χ0v) is 16.0. The first-order valence-corrected chi connectivity index (χ1v) is 9.91. The molecule has 3 rings (SSSR count). The van der Waals surface area contributed by atoms with Gasteiger partial charge in [-0.1, -0.05) is 12.1 Å². The van der Waals surface area contributed by atoms with E-state index in [0.717, 1.165) is 17.3 Å². The van der Waals surface area contributed by atoms with Crippen LogP contribution in [0.3, 0.4) is 0 Å². The standard InChI is InChI=1S/C18H21N3O5S/c1-14-4-3-5-15(12-14)19-8-10-20(11-9-19)27(24,25)18-7-6-16(26-2)13-17(18)21(22)23/h3-7,12-13H,8-11H2,1-2H3. The van der Waals surface area contributed by atoms with Gasteiger partial charge in [0, 0.05) is 31.9 Å². The molecule has 27 heavy (non-hydrogen) atoms. The van der Waals surface area contributed by atoms with Gasteiger partial charge >= 0.3 is 0 Å². The second kappa shape index (κ2) is 7.53. The number of sulfonamides is 1. The van der Waals surface area contributed by atoms with E-state index in [1.54, 1.807) is 0 Å². The fraction of sp³-hybridized carbons (Fsp3) is 0.333. The van der Waals surface area contributed by atoms with E-state index in [-0.39, 0.29) is 23.7 Å². The molecular formula is C18H21N3O5S. The summed E-state index contributed by atoms with van der Waals surface area (Å²) in [6, 6.07) is 11.8. The summed E-state index contributed by atoms with van der Waals surface area (Å²) in [6.07, 6.45) is 0. The van der Waals surface area contributed by atoms with Crippen molar-refractivity contribution >= 4 is 21.4 Å². The predicted octanol–water partition coefficient (Wildman–Crippen LogP) is 2.42. The lowest BCUT2D eigenvalue weighted by Crippen LogP contribution is -2.48. The predicted molar refractivity (Wildman–Crippen MR) is 102 cm³/mol. The minimum Gasteiger partial charge on any atom is -0.497 e. The molecule has 1 aliphatic rings. The van der Waals surface area contributed by atoms with Gasteiger partial charge in [0.05, 0.1) is 18.1 Å². The molecular weight excluding hydrogens is 370 g/mol. The number of ether oxygens (including phenoxy) is 1. The van der Waals surface area contributed by atoms with Gasteiger partial charge in [0.2, 0.25) is 10.0 Å². The second-order valence-electron chi connectivity index (χ2n) is 6.32. The fourth-order valence-corrected chi connectivity index (χ4v) is 4.70. The van der Waals surface area contributed by atoms with Crippen LogP contribution in [-0.4, -0.2) is 50.9 Å². The van der Waals surface area contributed by atoms with Gasteiger partial charge in [-0.25, -0.2) is 8.42 Å². The lowest BCUT2D eigenvalue weighted by Gasteiger charge is -2.35. The Labute approximate surface area is 158 Å². The van der Waals surface area contributed by atoms with Crippen molar-refractivity contribution in [2.24, 2.45) is 0 Å². The number of anilines is 1. The summed E-state index contributed by atoms with van der Waals surface area (Å²) in [4.78, 5) is 12.5. The van der Waals surface area contributed by atoms with E-state index in [9.17, 15) is 18.5 Å². The first-order valence-electron chi connectivity index (χ1n) is 8.47. The Balaban J connectivity index is 1.82. The van der Waals surface area contributed by atoms with E-state index >= 15 is 0 Å². The number of rotatable bonds is 5. The van der Waals surface area contributed by atoms with Crippen LogP contribution in [0.25, 0.3) is 0 Å². The quantitative estimate of drug-likeness (QED) is 0.574. The normalized spacial score (nSPS) is 15.6. The average Bonchev–Trinajstić information content (AvgIpc) is 2.67. The van der Waals surface area contributed by atoms with E-state index in [1.165, 1.54) is 23.5 Å². The van der Waals surface area contributed by atoms with Crippen LogP contribution in [0.15, 0.2) is 47.4 Å². The number of piperazine rings is 1. The number of nitro groups is 1. The summed E-state index contributed by atoms with van der Waals surface area (Å²) in [5, 5.41) is 11.3. The van der Waals surface area contributed by atoms with Crippen molar-refractivity contribution in [2.45, 2.75) is 11.8 Å². The van der Waals surface area contributed by atoms with Crippen molar-refractivity contribution in [1.82, 2.24) is 4.31 Å². The van der Waals surface area contributed by atoms with Gasteiger partial charge in [0.15, 0.2) is 4.90 Å². The summed E-state index contributed by atoms with van der Waals surface area (Å²) in [6.45, 7) is 3.57. The van der Waals surface area contributed by atoms with Crippen LogP contribution in [0.2, 0.25) is 0 Å². The molecule has 0 bridgehead atoms. The number of nitrogens with zero attached hydrogens (tertiary/aromatic N) is 3. The highest BCUT2D eigenvalue weighted by molar-refractivity contribution is 7.89. The summed E-state index contributed by atoms with van der Waals surface area (Å²) in [5.74, 6) is 0.241. The smallest absolute Gasteiger partial charge is 0.293 e. The van der Waals surface area contributed by atoms with E-state index < -0.39 is 20.6 Å². The van der Waals surface area contributed by atoms with Crippen LogP contribution in [0.4, 0.5) is 11.4 Å². The highest BCUT2D eigenvalue weighted by atomic mass is 32.2. The number of benzene rings is 2. The second-order valence-corrected chi connectivity index (χ2v) is 8.23. The third-order valence-electron chi connectivity index (χ3n) is 4.59. The van der Waals surface area contributed by atoms with E-state index in [2.05, 4.69) is 11.0 Å². The highest BCUT2D eigenvalue weighted by Gasteiger charge is 2.34. The lowest BCUT2D eigenvalue weighted by molar-refractivity contribution is -0.387. The van der Waals surface area contributed by atoms with Gasteiger partial charge in [-0.05, 0) is 36.8 Å². The lowest BCUT2D eigenvalue weighted by atomic mass is 10.2. The third kappa shape index (κ3) is 3.88. The van der Waals surface area contributed by atoms with Gasteiger partial charge in [-0.2, -0.15) is 4.31 Å². The molecule has 2 aromatic carbocycles.